The summed E-state index contributed by atoms with van der Waals surface area (Å²) in [6.45, 7) is 0. The van der Waals surface area contributed by atoms with Crippen LogP contribution in [0.2, 0.25) is 0 Å². The van der Waals surface area contributed by atoms with Gasteiger partial charge in [-0.05, 0) is 11.5 Å². The summed E-state index contributed by atoms with van der Waals surface area (Å²) in [4.78, 5) is 11.8. The molecule has 13 heavy (non-hydrogen) atoms. The third kappa shape index (κ3) is 1.70. The Labute approximate surface area is 77.2 Å². The van der Waals surface area contributed by atoms with Gasteiger partial charge in [-0.3, -0.25) is 9.89 Å². The van der Waals surface area contributed by atoms with Crippen molar-refractivity contribution in [1.82, 2.24) is 19.8 Å². The number of hydrogen-bond acceptors (Lipinski definition) is 5. The number of hydrogen-bond donors (Lipinski definition) is 2. The maximum absolute atomic E-state index is 11.3. The fourth-order valence-corrected chi connectivity index (χ4v) is 1.19. The summed E-state index contributed by atoms with van der Waals surface area (Å²) in [5.74, 6) is 0.317. The summed E-state index contributed by atoms with van der Waals surface area (Å²) < 4.78 is 3.58. The molecule has 0 aliphatic rings. The minimum absolute atomic E-state index is 0.237. The van der Waals surface area contributed by atoms with Gasteiger partial charge in [0.1, 0.15) is 10.7 Å². The van der Waals surface area contributed by atoms with Crippen LogP contribution in [-0.2, 0) is 0 Å². The molecule has 0 spiro atoms. The lowest BCUT2D eigenvalue weighted by molar-refractivity contribution is 0.103. The predicted octanol–water partition coefficient (Wildman–Crippen LogP) is 0.513. The fourth-order valence-electron chi connectivity index (χ4n) is 0.777. The fraction of sp³-hybridized carbons (Fsp3) is 0. The van der Waals surface area contributed by atoms with Crippen molar-refractivity contribution in [3.8, 4) is 0 Å². The van der Waals surface area contributed by atoms with E-state index in [-0.39, 0.29) is 5.91 Å². The van der Waals surface area contributed by atoms with Crippen molar-refractivity contribution in [2.45, 2.75) is 0 Å². The van der Waals surface area contributed by atoms with Gasteiger partial charge in [-0.1, -0.05) is 4.49 Å². The van der Waals surface area contributed by atoms with E-state index in [1.165, 1.54) is 6.20 Å². The van der Waals surface area contributed by atoms with Crippen molar-refractivity contribution in [3.05, 3.63) is 23.3 Å². The maximum Gasteiger partial charge on any atom is 0.270 e. The number of carbonyl (C=O) groups excluding carboxylic acids is 1. The molecular weight excluding hydrogens is 190 g/mol. The molecule has 0 atom stereocenters. The van der Waals surface area contributed by atoms with Gasteiger partial charge in [-0.15, -0.1) is 5.10 Å². The van der Waals surface area contributed by atoms with Crippen LogP contribution in [0.15, 0.2) is 18.5 Å². The zero-order chi connectivity index (χ0) is 9.10. The Bertz CT molecular complexity index is 381. The Hall–Kier alpha value is -1.76. The topological polar surface area (TPSA) is 83.6 Å². The van der Waals surface area contributed by atoms with E-state index in [0.29, 0.717) is 10.7 Å². The summed E-state index contributed by atoms with van der Waals surface area (Å²) in [6, 6.07) is 1.66. The molecule has 2 aromatic heterocycles. The van der Waals surface area contributed by atoms with Crippen LogP contribution in [0, 0.1) is 0 Å². The number of carbonyl (C=O) groups is 1. The summed E-state index contributed by atoms with van der Waals surface area (Å²) in [5, 5.41) is 12.5. The first-order valence-corrected chi connectivity index (χ1v) is 4.21. The van der Waals surface area contributed by atoms with Crippen LogP contribution in [0.4, 0.5) is 5.82 Å². The standard InChI is InChI=1S/C6H5N5OS/c12-6(4-3-8-11-13-4)9-5-1-2-7-10-5/h1-3H,(H2,7,9,10,12). The van der Waals surface area contributed by atoms with E-state index < -0.39 is 0 Å². The predicted molar refractivity (Wildman–Crippen MR) is 46.4 cm³/mol. The minimum Gasteiger partial charge on any atom is -0.306 e. The van der Waals surface area contributed by atoms with Crippen LogP contribution in [0.1, 0.15) is 9.67 Å². The van der Waals surface area contributed by atoms with Crippen molar-refractivity contribution in [2.75, 3.05) is 5.32 Å². The van der Waals surface area contributed by atoms with Crippen molar-refractivity contribution < 1.29 is 4.79 Å². The molecular formula is C6H5N5OS. The molecule has 0 fully saturated rings. The Morgan fingerprint density at radius 1 is 1.62 bits per heavy atom. The molecule has 0 unspecified atom stereocenters. The third-order valence-corrected chi connectivity index (χ3v) is 2.00. The lowest BCUT2D eigenvalue weighted by Gasteiger charge is -1.96. The molecule has 66 valence electrons. The van der Waals surface area contributed by atoms with Crippen LogP contribution < -0.4 is 5.32 Å². The summed E-state index contributed by atoms with van der Waals surface area (Å²) in [5.41, 5.74) is 0. The third-order valence-electron chi connectivity index (χ3n) is 1.33. The molecule has 2 rings (SSSR count). The molecule has 0 bridgehead atoms. The second-order valence-corrected chi connectivity index (χ2v) is 2.99. The molecule has 2 N–H and O–H groups in total. The first-order chi connectivity index (χ1) is 6.36. The van der Waals surface area contributed by atoms with Gasteiger partial charge < -0.3 is 5.32 Å². The molecule has 2 aromatic rings. The maximum atomic E-state index is 11.3. The minimum atomic E-state index is -0.237. The summed E-state index contributed by atoms with van der Waals surface area (Å²) >= 11 is 1.05. The van der Waals surface area contributed by atoms with E-state index in [1.807, 2.05) is 0 Å². The van der Waals surface area contributed by atoms with Crippen molar-refractivity contribution in [1.29, 1.82) is 0 Å². The Balaban J connectivity index is 2.08. The van der Waals surface area contributed by atoms with Crippen molar-refractivity contribution in [2.24, 2.45) is 0 Å². The monoisotopic (exact) mass is 195 g/mol. The number of nitrogens with one attached hydrogen (secondary N) is 2. The highest BCUT2D eigenvalue weighted by Crippen LogP contribution is 2.06. The SMILES string of the molecule is O=C(Nc1ccn[nH]1)c1cnns1. The number of anilines is 1. The Kier molecular flexibility index (Phi) is 2.01. The normalized spacial score (nSPS) is 9.85. The Morgan fingerprint density at radius 2 is 2.54 bits per heavy atom. The smallest absolute Gasteiger partial charge is 0.270 e. The largest absolute Gasteiger partial charge is 0.306 e. The second-order valence-electron chi connectivity index (χ2n) is 2.21. The van der Waals surface area contributed by atoms with Gasteiger partial charge in [0, 0.05) is 6.07 Å². The number of aromatic amines is 1. The van der Waals surface area contributed by atoms with Crippen molar-refractivity contribution >= 4 is 23.3 Å². The first-order valence-electron chi connectivity index (χ1n) is 3.44. The highest BCUT2D eigenvalue weighted by Gasteiger charge is 2.08. The van der Waals surface area contributed by atoms with E-state index in [9.17, 15) is 4.79 Å². The average Bonchev–Trinajstić information content (AvgIpc) is 2.74. The lowest BCUT2D eigenvalue weighted by Crippen LogP contribution is -2.10. The van der Waals surface area contributed by atoms with E-state index >= 15 is 0 Å². The average molecular weight is 195 g/mol. The van der Waals surface area contributed by atoms with Gasteiger partial charge in [-0.25, -0.2) is 0 Å². The highest BCUT2D eigenvalue weighted by atomic mass is 32.1. The number of aromatic nitrogens is 4. The molecule has 0 aliphatic carbocycles. The molecule has 2 heterocycles. The summed E-state index contributed by atoms with van der Waals surface area (Å²) in [7, 11) is 0. The quantitative estimate of drug-likeness (QED) is 0.731. The number of rotatable bonds is 2. The van der Waals surface area contributed by atoms with Gasteiger partial charge in [0.05, 0.1) is 12.4 Å². The molecule has 7 heteroatoms. The van der Waals surface area contributed by atoms with E-state index in [1.54, 1.807) is 12.3 Å². The van der Waals surface area contributed by atoms with E-state index in [4.69, 9.17) is 0 Å². The molecule has 6 nitrogen and oxygen atoms in total. The molecule has 1 amide bonds. The van der Waals surface area contributed by atoms with Crippen LogP contribution in [-0.4, -0.2) is 25.7 Å². The lowest BCUT2D eigenvalue weighted by atomic mass is 10.5. The molecule has 0 aliphatic heterocycles. The van der Waals surface area contributed by atoms with Crippen LogP contribution in [0.25, 0.3) is 0 Å². The van der Waals surface area contributed by atoms with Gasteiger partial charge in [0.25, 0.3) is 5.91 Å². The molecule has 0 saturated heterocycles. The van der Waals surface area contributed by atoms with Crippen LogP contribution >= 0.6 is 11.5 Å². The Morgan fingerprint density at radius 3 is 3.15 bits per heavy atom. The van der Waals surface area contributed by atoms with E-state index in [0.717, 1.165) is 11.5 Å². The zero-order valence-electron chi connectivity index (χ0n) is 6.39. The number of nitrogens with zero attached hydrogens (tertiary/aromatic N) is 3. The number of H-pyrrole nitrogens is 1. The highest BCUT2D eigenvalue weighted by molar-refractivity contribution is 7.07. The molecule has 0 saturated carbocycles. The van der Waals surface area contributed by atoms with Crippen LogP contribution in [0.5, 0.6) is 0 Å². The molecule has 0 radical (unpaired) electrons. The zero-order valence-corrected chi connectivity index (χ0v) is 7.21. The van der Waals surface area contributed by atoms with Gasteiger partial charge in [0.15, 0.2) is 0 Å². The second kappa shape index (κ2) is 3.31. The molecule has 0 aromatic carbocycles. The van der Waals surface area contributed by atoms with Gasteiger partial charge >= 0.3 is 0 Å². The first kappa shape index (κ1) is 7.87. The van der Waals surface area contributed by atoms with Crippen LogP contribution in [0.3, 0.4) is 0 Å². The van der Waals surface area contributed by atoms with E-state index in [2.05, 4.69) is 25.1 Å². The van der Waals surface area contributed by atoms with Gasteiger partial charge in [-0.2, -0.15) is 5.10 Å². The number of amides is 1. The summed E-state index contributed by atoms with van der Waals surface area (Å²) in [6.07, 6.45) is 2.97. The van der Waals surface area contributed by atoms with Gasteiger partial charge in [0.2, 0.25) is 0 Å². The van der Waals surface area contributed by atoms with Crippen molar-refractivity contribution in [3.63, 3.8) is 0 Å².